The van der Waals surface area contributed by atoms with E-state index in [1.54, 1.807) is 0 Å². The van der Waals surface area contributed by atoms with Gasteiger partial charge in [-0.3, -0.25) is 0 Å². The molecule has 0 spiro atoms. The Morgan fingerprint density at radius 2 is 2.00 bits per heavy atom. The smallest absolute Gasteiger partial charge is 0.0639 e. The van der Waals surface area contributed by atoms with Crippen LogP contribution >= 0.6 is 0 Å². The van der Waals surface area contributed by atoms with Crippen LogP contribution in [0.25, 0.3) is 0 Å². The van der Waals surface area contributed by atoms with E-state index in [9.17, 15) is 0 Å². The summed E-state index contributed by atoms with van der Waals surface area (Å²) in [6.45, 7) is 4.96. The maximum Gasteiger partial charge on any atom is 0.0639 e. The number of aliphatic hydroxyl groups is 2. The molecule has 3 heteroatoms. The predicted octanol–water partition coefficient (Wildman–Crippen LogP) is 0.0715. The van der Waals surface area contributed by atoms with Gasteiger partial charge in [0.05, 0.1) is 6.10 Å². The fourth-order valence-electron chi connectivity index (χ4n) is 1.73. The summed E-state index contributed by atoms with van der Waals surface area (Å²) in [5.74, 6) is 0.496. The van der Waals surface area contributed by atoms with Crippen molar-refractivity contribution >= 4 is 0 Å². The summed E-state index contributed by atoms with van der Waals surface area (Å²) in [5, 5.41) is 18.0. The fourth-order valence-corrected chi connectivity index (χ4v) is 1.73. The van der Waals surface area contributed by atoms with Crippen LogP contribution in [0.15, 0.2) is 0 Å². The lowest BCUT2D eigenvalue weighted by atomic mass is 9.98. The van der Waals surface area contributed by atoms with E-state index in [4.69, 9.17) is 10.2 Å². The monoisotopic (exact) mass is 173 g/mol. The molecule has 0 unspecified atom stereocenters. The molecule has 1 rings (SSSR count). The van der Waals surface area contributed by atoms with Crippen LogP contribution in [0.3, 0.4) is 0 Å². The van der Waals surface area contributed by atoms with E-state index in [2.05, 4.69) is 4.90 Å². The van der Waals surface area contributed by atoms with Gasteiger partial charge in [0.25, 0.3) is 0 Å². The molecule has 1 aliphatic heterocycles. The zero-order chi connectivity index (χ0) is 8.97. The Morgan fingerprint density at radius 1 is 1.42 bits per heavy atom. The summed E-state index contributed by atoms with van der Waals surface area (Å²) in [4.78, 5) is 2.26. The van der Waals surface area contributed by atoms with E-state index in [1.165, 1.54) is 0 Å². The minimum Gasteiger partial charge on any atom is -0.396 e. The number of rotatable bonds is 3. The molecule has 0 saturated carbocycles. The molecule has 0 aromatic carbocycles. The van der Waals surface area contributed by atoms with Gasteiger partial charge in [0.2, 0.25) is 0 Å². The van der Waals surface area contributed by atoms with Crippen molar-refractivity contribution in [1.82, 2.24) is 4.90 Å². The Morgan fingerprint density at radius 3 is 2.42 bits per heavy atom. The molecule has 1 aliphatic rings. The zero-order valence-corrected chi connectivity index (χ0v) is 7.74. The second-order valence-electron chi connectivity index (χ2n) is 3.78. The van der Waals surface area contributed by atoms with Crippen molar-refractivity contribution in [2.75, 3.05) is 26.2 Å². The van der Waals surface area contributed by atoms with Crippen LogP contribution in [0.2, 0.25) is 0 Å². The third-order valence-electron chi connectivity index (χ3n) is 2.49. The third-order valence-corrected chi connectivity index (χ3v) is 2.49. The molecule has 72 valence electrons. The van der Waals surface area contributed by atoms with Crippen LogP contribution in [0.4, 0.5) is 0 Å². The van der Waals surface area contributed by atoms with E-state index in [0.29, 0.717) is 12.5 Å². The van der Waals surface area contributed by atoms with E-state index >= 15 is 0 Å². The number of hydrogen-bond donors (Lipinski definition) is 2. The number of hydrogen-bond acceptors (Lipinski definition) is 3. The Labute approximate surface area is 74.0 Å². The van der Waals surface area contributed by atoms with Crippen molar-refractivity contribution < 1.29 is 10.2 Å². The second-order valence-corrected chi connectivity index (χ2v) is 3.78. The van der Waals surface area contributed by atoms with Gasteiger partial charge in [0.15, 0.2) is 0 Å². The van der Waals surface area contributed by atoms with E-state index in [-0.39, 0.29) is 6.10 Å². The Hall–Kier alpha value is -0.120. The maximum absolute atomic E-state index is 9.14. The van der Waals surface area contributed by atoms with Gasteiger partial charge in [-0.05, 0) is 38.8 Å². The first kappa shape index (κ1) is 9.96. The summed E-state index contributed by atoms with van der Waals surface area (Å²) in [7, 11) is 0. The van der Waals surface area contributed by atoms with Crippen molar-refractivity contribution in [3.05, 3.63) is 0 Å². The van der Waals surface area contributed by atoms with Crippen LogP contribution in [0, 0.1) is 5.92 Å². The van der Waals surface area contributed by atoms with Gasteiger partial charge in [-0.1, -0.05) is 0 Å². The van der Waals surface area contributed by atoms with Crippen LogP contribution in [0.5, 0.6) is 0 Å². The van der Waals surface area contributed by atoms with Crippen molar-refractivity contribution in [3.63, 3.8) is 0 Å². The lowest BCUT2D eigenvalue weighted by molar-refractivity contribution is 0.0846. The highest BCUT2D eigenvalue weighted by Gasteiger charge is 2.18. The van der Waals surface area contributed by atoms with Gasteiger partial charge in [-0.15, -0.1) is 0 Å². The summed E-state index contributed by atoms with van der Waals surface area (Å²) < 4.78 is 0. The fraction of sp³-hybridized carbons (Fsp3) is 1.00. The molecule has 1 heterocycles. The van der Waals surface area contributed by atoms with Crippen molar-refractivity contribution in [2.45, 2.75) is 25.9 Å². The van der Waals surface area contributed by atoms with Crippen LogP contribution in [-0.4, -0.2) is 47.5 Å². The highest BCUT2D eigenvalue weighted by molar-refractivity contribution is 4.72. The minimum atomic E-state index is -0.226. The number of likely N-dealkylation sites (tertiary alicyclic amines) is 1. The van der Waals surface area contributed by atoms with Crippen LogP contribution < -0.4 is 0 Å². The molecule has 1 atom stereocenters. The molecular formula is C9H19NO2. The molecule has 0 aliphatic carbocycles. The van der Waals surface area contributed by atoms with Gasteiger partial charge in [-0.25, -0.2) is 0 Å². The zero-order valence-electron chi connectivity index (χ0n) is 7.74. The first-order chi connectivity index (χ1) is 5.72. The molecule has 1 saturated heterocycles. The predicted molar refractivity (Wildman–Crippen MR) is 47.9 cm³/mol. The lowest BCUT2D eigenvalue weighted by Gasteiger charge is -2.31. The van der Waals surface area contributed by atoms with Crippen molar-refractivity contribution in [3.8, 4) is 0 Å². The summed E-state index contributed by atoms with van der Waals surface area (Å²) in [6.07, 6.45) is 1.92. The molecule has 0 bridgehead atoms. The molecule has 0 aromatic heterocycles. The molecule has 0 aromatic rings. The SMILES string of the molecule is C[C@@H](O)CN1CCC(CO)CC1. The highest BCUT2D eigenvalue weighted by atomic mass is 16.3. The number of piperidine rings is 1. The van der Waals surface area contributed by atoms with Gasteiger partial charge in [-0.2, -0.15) is 0 Å². The topological polar surface area (TPSA) is 43.7 Å². The average molecular weight is 173 g/mol. The minimum absolute atomic E-state index is 0.226. The summed E-state index contributed by atoms with van der Waals surface area (Å²) in [6, 6.07) is 0. The first-order valence-corrected chi connectivity index (χ1v) is 4.73. The van der Waals surface area contributed by atoms with E-state index in [1.807, 2.05) is 6.92 Å². The van der Waals surface area contributed by atoms with Crippen molar-refractivity contribution in [1.29, 1.82) is 0 Å². The molecule has 0 amide bonds. The van der Waals surface area contributed by atoms with Crippen molar-refractivity contribution in [2.24, 2.45) is 5.92 Å². The first-order valence-electron chi connectivity index (χ1n) is 4.73. The lowest BCUT2D eigenvalue weighted by Crippen LogP contribution is -2.38. The maximum atomic E-state index is 9.14. The van der Waals surface area contributed by atoms with Crippen LogP contribution in [0.1, 0.15) is 19.8 Å². The molecule has 3 nitrogen and oxygen atoms in total. The van der Waals surface area contributed by atoms with Gasteiger partial charge in [0, 0.05) is 13.2 Å². The Bertz CT molecular complexity index is 120. The number of aliphatic hydroxyl groups excluding tert-OH is 2. The number of β-amino-alcohol motifs (C(OH)–C–C–N with tert-alkyl or cyclic N) is 1. The standard InChI is InChI=1S/C9H19NO2/c1-8(12)6-10-4-2-9(7-11)3-5-10/h8-9,11-12H,2-7H2,1H3/t8-/m1/s1. The number of nitrogens with zero attached hydrogens (tertiary/aromatic N) is 1. The third kappa shape index (κ3) is 3.09. The van der Waals surface area contributed by atoms with Gasteiger partial charge < -0.3 is 15.1 Å². The normalized spacial score (nSPS) is 24.2. The largest absolute Gasteiger partial charge is 0.396 e. The summed E-state index contributed by atoms with van der Waals surface area (Å²) >= 11 is 0. The molecule has 1 fully saturated rings. The average Bonchev–Trinajstić information content (AvgIpc) is 2.05. The molecular weight excluding hydrogens is 154 g/mol. The molecule has 2 N–H and O–H groups in total. The quantitative estimate of drug-likeness (QED) is 0.635. The highest BCUT2D eigenvalue weighted by Crippen LogP contribution is 2.16. The second kappa shape index (κ2) is 4.80. The molecule has 0 radical (unpaired) electrons. The van der Waals surface area contributed by atoms with E-state index in [0.717, 1.165) is 32.5 Å². The van der Waals surface area contributed by atoms with E-state index < -0.39 is 0 Å². The van der Waals surface area contributed by atoms with Gasteiger partial charge in [0.1, 0.15) is 0 Å². The van der Waals surface area contributed by atoms with Gasteiger partial charge >= 0.3 is 0 Å². The Kier molecular flexibility index (Phi) is 3.98. The summed E-state index contributed by atoms with van der Waals surface area (Å²) in [5.41, 5.74) is 0. The van der Waals surface area contributed by atoms with Crippen LogP contribution in [-0.2, 0) is 0 Å². The molecule has 12 heavy (non-hydrogen) atoms. The Balaban J connectivity index is 2.17.